The van der Waals surface area contributed by atoms with Gasteiger partial charge in [0.2, 0.25) is 11.8 Å². The molecule has 0 aromatic heterocycles. The van der Waals surface area contributed by atoms with E-state index in [0.29, 0.717) is 37.0 Å². The quantitative estimate of drug-likeness (QED) is 0.882. The van der Waals surface area contributed by atoms with Crippen molar-refractivity contribution in [1.29, 1.82) is 0 Å². The lowest BCUT2D eigenvalue weighted by atomic mass is 10.2. The number of nitrogens with zero attached hydrogens (tertiary/aromatic N) is 2. The molecule has 1 heterocycles. The molecule has 0 spiro atoms. The summed E-state index contributed by atoms with van der Waals surface area (Å²) in [5.74, 6) is -0.191. The second kappa shape index (κ2) is 8.29. The van der Waals surface area contributed by atoms with E-state index in [9.17, 15) is 9.59 Å². The number of amides is 2. The van der Waals surface area contributed by atoms with Crippen LogP contribution < -0.4 is 5.32 Å². The Bertz CT molecular complexity index is 561. The first-order valence-electron chi connectivity index (χ1n) is 7.60. The average Bonchev–Trinajstić information content (AvgIpc) is 2.56. The van der Waals surface area contributed by atoms with E-state index in [1.807, 2.05) is 0 Å². The number of para-hydroxylation sites is 1. The number of halogens is 1. The van der Waals surface area contributed by atoms with Crippen molar-refractivity contribution < 1.29 is 14.3 Å². The van der Waals surface area contributed by atoms with E-state index in [1.54, 1.807) is 48.0 Å². The first-order chi connectivity index (χ1) is 11.0. The van der Waals surface area contributed by atoms with E-state index in [2.05, 4.69) is 5.32 Å². The largest absolute Gasteiger partial charge is 0.378 e. The van der Waals surface area contributed by atoms with Crippen molar-refractivity contribution in [3.05, 3.63) is 29.3 Å². The molecule has 0 saturated carbocycles. The molecule has 1 saturated heterocycles. The lowest BCUT2D eigenvalue weighted by Gasteiger charge is -2.32. The fourth-order valence-electron chi connectivity index (χ4n) is 2.35. The molecule has 7 heteroatoms. The van der Waals surface area contributed by atoms with Crippen LogP contribution in [0.1, 0.15) is 6.92 Å². The van der Waals surface area contributed by atoms with Gasteiger partial charge in [0.15, 0.2) is 0 Å². The SMILES string of the molecule is CC(C(=O)N1CCOCC1)N(C)CC(=O)Nc1ccccc1Cl. The lowest BCUT2D eigenvalue weighted by molar-refractivity contribution is -0.140. The number of carbonyl (C=O) groups is 2. The predicted molar refractivity (Wildman–Crippen MR) is 89.6 cm³/mol. The number of carbonyl (C=O) groups excluding carboxylic acids is 2. The van der Waals surface area contributed by atoms with Crippen molar-refractivity contribution >= 4 is 29.1 Å². The van der Waals surface area contributed by atoms with Crippen molar-refractivity contribution in [3.8, 4) is 0 Å². The van der Waals surface area contributed by atoms with Crippen molar-refractivity contribution in [2.75, 3.05) is 45.2 Å². The molecule has 6 nitrogen and oxygen atoms in total. The van der Waals surface area contributed by atoms with Crippen LogP contribution in [-0.2, 0) is 14.3 Å². The van der Waals surface area contributed by atoms with E-state index < -0.39 is 0 Å². The minimum atomic E-state index is -0.370. The van der Waals surface area contributed by atoms with Gasteiger partial charge in [-0.3, -0.25) is 14.5 Å². The summed E-state index contributed by atoms with van der Waals surface area (Å²) in [5.41, 5.74) is 0.569. The van der Waals surface area contributed by atoms with Crippen LogP contribution in [0.3, 0.4) is 0 Å². The van der Waals surface area contributed by atoms with Crippen LogP contribution in [-0.4, -0.2) is 67.6 Å². The Morgan fingerprint density at radius 3 is 2.65 bits per heavy atom. The first kappa shape index (κ1) is 17.7. The van der Waals surface area contributed by atoms with Crippen LogP contribution in [0.25, 0.3) is 0 Å². The summed E-state index contributed by atoms with van der Waals surface area (Å²) in [5, 5.41) is 3.24. The van der Waals surface area contributed by atoms with Crippen LogP contribution in [0.2, 0.25) is 5.02 Å². The van der Waals surface area contributed by atoms with Crippen LogP contribution >= 0.6 is 11.6 Å². The molecule has 2 rings (SSSR count). The van der Waals surface area contributed by atoms with E-state index in [4.69, 9.17) is 16.3 Å². The Hall–Kier alpha value is -1.63. The smallest absolute Gasteiger partial charge is 0.239 e. The van der Waals surface area contributed by atoms with Gasteiger partial charge in [0.1, 0.15) is 0 Å². The molecule has 126 valence electrons. The van der Waals surface area contributed by atoms with E-state index in [0.717, 1.165) is 0 Å². The summed E-state index contributed by atoms with van der Waals surface area (Å²) in [4.78, 5) is 28.0. The van der Waals surface area contributed by atoms with Crippen molar-refractivity contribution in [2.45, 2.75) is 13.0 Å². The normalized spacial score (nSPS) is 16.3. The maximum Gasteiger partial charge on any atom is 0.239 e. The number of rotatable bonds is 5. The molecule has 1 unspecified atom stereocenters. The number of hydrogen-bond acceptors (Lipinski definition) is 4. The average molecular weight is 340 g/mol. The number of benzene rings is 1. The summed E-state index contributed by atoms with van der Waals surface area (Å²) >= 11 is 6.02. The zero-order valence-electron chi connectivity index (χ0n) is 13.4. The molecule has 23 heavy (non-hydrogen) atoms. The fourth-order valence-corrected chi connectivity index (χ4v) is 2.54. The van der Waals surface area contributed by atoms with Gasteiger partial charge in [0.25, 0.3) is 0 Å². The van der Waals surface area contributed by atoms with Gasteiger partial charge < -0.3 is 15.0 Å². The Morgan fingerprint density at radius 2 is 2.00 bits per heavy atom. The number of nitrogens with one attached hydrogen (secondary N) is 1. The van der Waals surface area contributed by atoms with Crippen LogP contribution in [0.4, 0.5) is 5.69 Å². The van der Waals surface area contributed by atoms with Gasteiger partial charge in [-0.05, 0) is 26.1 Å². The Morgan fingerprint density at radius 1 is 1.35 bits per heavy atom. The topological polar surface area (TPSA) is 61.9 Å². The highest BCUT2D eigenvalue weighted by Gasteiger charge is 2.26. The zero-order chi connectivity index (χ0) is 16.8. The second-order valence-corrected chi connectivity index (χ2v) is 5.96. The fraction of sp³-hybridized carbons (Fsp3) is 0.500. The standard InChI is InChI=1S/C16H22ClN3O3/c1-12(16(22)20-7-9-23-10-8-20)19(2)11-15(21)18-14-6-4-3-5-13(14)17/h3-6,12H,7-11H2,1-2H3,(H,18,21). The highest BCUT2D eigenvalue weighted by Crippen LogP contribution is 2.20. The third-order valence-electron chi connectivity index (χ3n) is 3.88. The molecular weight excluding hydrogens is 318 g/mol. The number of anilines is 1. The van der Waals surface area contributed by atoms with E-state index in [-0.39, 0.29) is 24.4 Å². The summed E-state index contributed by atoms with van der Waals surface area (Å²) in [6, 6.07) is 6.68. The summed E-state index contributed by atoms with van der Waals surface area (Å²) in [6.45, 7) is 4.25. The first-order valence-corrected chi connectivity index (χ1v) is 7.98. The third-order valence-corrected chi connectivity index (χ3v) is 4.21. The number of likely N-dealkylation sites (N-methyl/N-ethyl adjacent to an activating group) is 1. The second-order valence-electron chi connectivity index (χ2n) is 5.56. The molecule has 1 aromatic rings. The van der Waals surface area contributed by atoms with Gasteiger partial charge in [-0.2, -0.15) is 0 Å². The lowest BCUT2D eigenvalue weighted by Crippen LogP contribution is -2.50. The molecule has 1 atom stereocenters. The molecule has 2 amide bonds. The van der Waals surface area contributed by atoms with Crippen LogP contribution in [0.15, 0.2) is 24.3 Å². The number of morpholine rings is 1. The molecule has 0 bridgehead atoms. The summed E-state index contributed by atoms with van der Waals surface area (Å²) < 4.78 is 5.25. The van der Waals surface area contributed by atoms with Gasteiger partial charge in [-0.1, -0.05) is 23.7 Å². The molecule has 1 fully saturated rings. The molecule has 1 N–H and O–H groups in total. The predicted octanol–water partition coefficient (Wildman–Crippen LogP) is 1.46. The zero-order valence-corrected chi connectivity index (χ0v) is 14.2. The Kier molecular flexibility index (Phi) is 6.38. The Labute approximate surface area is 141 Å². The maximum atomic E-state index is 12.4. The minimum absolute atomic E-state index is 0.0151. The monoisotopic (exact) mass is 339 g/mol. The maximum absolute atomic E-state index is 12.4. The molecule has 1 aliphatic heterocycles. The number of hydrogen-bond donors (Lipinski definition) is 1. The van der Waals surface area contributed by atoms with Crippen LogP contribution in [0.5, 0.6) is 0 Å². The summed E-state index contributed by atoms with van der Waals surface area (Å²) in [6.07, 6.45) is 0. The third kappa shape index (κ3) is 4.92. The van der Waals surface area contributed by atoms with Gasteiger partial charge in [0, 0.05) is 13.1 Å². The van der Waals surface area contributed by atoms with E-state index in [1.165, 1.54) is 0 Å². The van der Waals surface area contributed by atoms with Gasteiger partial charge in [0.05, 0.1) is 36.5 Å². The Balaban J connectivity index is 1.87. The molecule has 1 aliphatic rings. The van der Waals surface area contributed by atoms with E-state index >= 15 is 0 Å². The molecule has 1 aromatic carbocycles. The molecular formula is C16H22ClN3O3. The minimum Gasteiger partial charge on any atom is -0.378 e. The highest BCUT2D eigenvalue weighted by molar-refractivity contribution is 6.33. The highest BCUT2D eigenvalue weighted by atomic mass is 35.5. The molecule has 0 aliphatic carbocycles. The molecule has 0 radical (unpaired) electrons. The van der Waals surface area contributed by atoms with Crippen molar-refractivity contribution in [1.82, 2.24) is 9.80 Å². The van der Waals surface area contributed by atoms with Crippen molar-refractivity contribution in [3.63, 3.8) is 0 Å². The van der Waals surface area contributed by atoms with Gasteiger partial charge >= 0.3 is 0 Å². The van der Waals surface area contributed by atoms with Crippen molar-refractivity contribution in [2.24, 2.45) is 0 Å². The van der Waals surface area contributed by atoms with Gasteiger partial charge in [-0.25, -0.2) is 0 Å². The number of ether oxygens (including phenoxy) is 1. The van der Waals surface area contributed by atoms with Crippen LogP contribution in [0, 0.1) is 0 Å². The summed E-state index contributed by atoms with van der Waals surface area (Å²) in [7, 11) is 1.76. The van der Waals surface area contributed by atoms with Gasteiger partial charge in [-0.15, -0.1) is 0 Å².